The van der Waals surface area contributed by atoms with Crippen LogP contribution in [-0.2, 0) is 24.2 Å². The lowest BCUT2D eigenvalue weighted by Gasteiger charge is -2.14. The number of nitrogens with zero attached hydrogens (tertiary/aromatic N) is 2. The van der Waals surface area contributed by atoms with Gasteiger partial charge in [-0.05, 0) is 39.5 Å². The molecule has 0 spiro atoms. The molecule has 0 aliphatic heterocycles. The minimum Gasteiger partial charge on any atom is -0.355 e. The predicted octanol–water partition coefficient (Wildman–Crippen LogP) is 1.21. The monoisotopic (exact) mass is 221 g/mol. The lowest BCUT2D eigenvalue weighted by Crippen LogP contribution is -2.28. The minimum atomic E-state index is 0.0800. The molecule has 1 aromatic heterocycles. The Labute approximate surface area is 96.1 Å². The first-order valence-electron chi connectivity index (χ1n) is 6.04. The highest BCUT2D eigenvalue weighted by molar-refractivity contribution is 5.75. The highest BCUT2D eigenvalue weighted by atomic mass is 16.1. The maximum atomic E-state index is 11.6. The summed E-state index contributed by atoms with van der Waals surface area (Å²) in [6.07, 6.45) is 4.58. The van der Waals surface area contributed by atoms with Crippen molar-refractivity contribution in [1.29, 1.82) is 0 Å². The average Bonchev–Trinajstić information content (AvgIpc) is 2.56. The summed E-state index contributed by atoms with van der Waals surface area (Å²) in [5, 5.41) is 2.83. The van der Waals surface area contributed by atoms with Crippen molar-refractivity contribution in [1.82, 2.24) is 14.9 Å². The van der Waals surface area contributed by atoms with Crippen molar-refractivity contribution in [3.63, 3.8) is 0 Å². The summed E-state index contributed by atoms with van der Waals surface area (Å²) in [4.78, 5) is 16.1. The van der Waals surface area contributed by atoms with Gasteiger partial charge >= 0.3 is 0 Å². The SMILES string of the molecule is CCNC(=O)Cn1c(C)nc2c1CCCC2. The van der Waals surface area contributed by atoms with Crippen LogP contribution < -0.4 is 5.32 Å². The van der Waals surface area contributed by atoms with Gasteiger partial charge in [-0.15, -0.1) is 0 Å². The molecular weight excluding hydrogens is 202 g/mol. The first kappa shape index (κ1) is 11.2. The third kappa shape index (κ3) is 2.10. The molecule has 1 aliphatic carbocycles. The summed E-state index contributed by atoms with van der Waals surface area (Å²) in [6.45, 7) is 5.03. The Kier molecular flexibility index (Phi) is 3.27. The van der Waals surface area contributed by atoms with Gasteiger partial charge in [0, 0.05) is 12.2 Å². The van der Waals surface area contributed by atoms with E-state index in [0.29, 0.717) is 13.1 Å². The first-order valence-corrected chi connectivity index (χ1v) is 6.04. The molecule has 1 heterocycles. The standard InChI is InChI=1S/C12H19N3O/c1-3-13-12(16)8-15-9(2)14-10-6-4-5-7-11(10)15/h3-8H2,1-2H3,(H,13,16). The van der Waals surface area contributed by atoms with Gasteiger partial charge in [-0.25, -0.2) is 4.98 Å². The number of imidazole rings is 1. The molecular formula is C12H19N3O. The number of aryl methyl sites for hydroxylation is 2. The van der Waals surface area contributed by atoms with Crippen molar-refractivity contribution in [3.05, 3.63) is 17.2 Å². The molecule has 88 valence electrons. The van der Waals surface area contributed by atoms with Crippen molar-refractivity contribution in [2.24, 2.45) is 0 Å². The molecule has 4 nitrogen and oxygen atoms in total. The van der Waals surface area contributed by atoms with E-state index in [2.05, 4.69) is 14.9 Å². The van der Waals surface area contributed by atoms with Gasteiger partial charge in [-0.2, -0.15) is 0 Å². The van der Waals surface area contributed by atoms with E-state index in [1.165, 1.54) is 24.2 Å². The van der Waals surface area contributed by atoms with Crippen LogP contribution in [0.15, 0.2) is 0 Å². The van der Waals surface area contributed by atoms with E-state index in [4.69, 9.17) is 0 Å². The molecule has 1 aliphatic rings. The summed E-state index contributed by atoms with van der Waals surface area (Å²) < 4.78 is 2.07. The van der Waals surface area contributed by atoms with Gasteiger partial charge in [0.25, 0.3) is 0 Å². The second-order valence-electron chi connectivity index (χ2n) is 4.30. The van der Waals surface area contributed by atoms with Crippen LogP contribution in [0, 0.1) is 6.92 Å². The van der Waals surface area contributed by atoms with Crippen LogP contribution in [0.4, 0.5) is 0 Å². The normalized spacial score (nSPS) is 14.6. The van der Waals surface area contributed by atoms with Gasteiger partial charge in [-0.1, -0.05) is 0 Å². The van der Waals surface area contributed by atoms with E-state index < -0.39 is 0 Å². The van der Waals surface area contributed by atoms with Gasteiger partial charge in [0.15, 0.2) is 0 Å². The lowest BCUT2D eigenvalue weighted by molar-refractivity contribution is -0.121. The molecule has 2 rings (SSSR count). The molecule has 16 heavy (non-hydrogen) atoms. The Morgan fingerprint density at radius 2 is 2.19 bits per heavy atom. The maximum absolute atomic E-state index is 11.6. The van der Waals surface area contributed by atoms with Crippen molar-refractivity contribution < 1.29 is 4.79 Å². The number of amides is 1. The van der Waals surface area contributed by atoms with E-state index in [-0.39, 0.29) is 5.91 Å². The van der Waals surface area contributed by atoms with Crippen molar-refractivity contribution in [2.75, 3.05) is 6.54 Å². The van der Waals surface area contributed by atoms with E-state index in [1.54, 1.807) is 0 Å². The first-order chi connectivity index (χ1) is 7.72. The summed E-state index contributed by atoms with van der Waals surface area (Å²) in [6, 6.07) is 0. The Balaban J connectivity index is 2.19. The molecule has 0 fully saturated rings. The van der Waals surface area contributed by atoms with Gasteiger partial charge < -0.3 is 9.88 Å². The number of hydrogen-bond acceptors (Lipinski definition) is 2. The molecule has 1 aromatic rings. The Morgan fingerprint density at radius 3 is 2.94 bits per heavy atom. The van der Waals surface area contributed by atoms with Crippen LogP contribution in [0.2, 0.25) is 0 Å². The van der Waals surface area contributed by atoms with Gasteiger partial charge in [0.2, 0.25) is 5.91 Å². The maximum Gasteiger partial charge on any atom is 0.239 e. The fraction of sp³-hybridized carbons (Fsp3) is 0.667. The molecule has 1 amide bonds. The summed E-state index contributed by atoms with van der Waals surface area (Å²) in [7, 11) is 0. The van der Waals surface area contributed by atoms with Crippen LogP contribution in [0.25, 0.3) is 0 Å². The average molecular weight is 221 g/mol. The highest BCUT2D eigenvalue weighted by Crippen LogP contribution is 2.21. The van der Waals surface area contributed by atoms with Crippen LogP contribution >= 0.6 is 0 Å². The number of rotatable bonds is 3. The van der Waals surface area contributed by atoms with Crippen molar-refractivity contribution in [3.8, 4) is 0 Å². The molecule has 0 saturated carbocycles. The molecule has 0 radical (unpaired) electrons. The second-order valence-corrected chi connectivity index (χ2v) is 4.30. The predicted molar refractivity (Wildman–Crippen MR) is 62.3 cm³/mol. The smallest absolute Gasteiger partial charge is 0.239 e. The largest absolute Gasteiger partial charge is 0.355 e. The van der Waals surface area contributed by atoms with E-state index in [1.807, 2.05) is 13.8 Å². The van der Waals surface area contributed by atoms with Crippen LogP contribution in [0.3, 0.4) is 0 Å². The summed E-state index contributed by atoms with van der Waals surface area (Å²) in [5.74, 6) is 1.05. The lowest BCUT2D eigenvalue weighted by atomic mass is 10.0. The zero-order valence-electron chi connectivity index (χ0n) is 10.0. The molecule has 0 unspecified atom stereocenters. The van der Waals surface area contributed by atoms with Gasteiger partial charge in [-0.3, -0.25) is 4.79 Å². The van der Waals surface area contributed by atoms with E-state index in [9.17, 15) is 4.79 Å². The topological polar surface area (TPSA) is 46.9 Å². The van der Waals surface area contributed by atoms with E-state index in [0.717, 1.165) is 18.7 Å². The Morgan fingerprint density at radius 1 is 1.44 bits per heavy atom. The summed E-state index contributed by atoms with van der Waals surface area (Å²) >= 11 is 0. The number of nitrogens with one attached hydrogen (secondary N) is 1. The molecule has 0 aromatic carbocycles. The highest BCUT2D eigenvalue weighted by Gasteiger charge is 2.18. The minimum absolute atomic E-state index is 0.0800. The zero-order chi connectivity index (χ0) is 11.5. The number of likely N-dealkylation sites (N-methyl/N-ethyl adjacent to an activating group) is 1. The molecule has 1 N–H and O–H groups in total. The zero-order valence-corrected chi connectivity index (χ0v) is 10.0. The second kappa shape index (κ2) is 4.68. The molecule has 0 atom stereocenters. The fourth-order valence-electron chi connectivity index (χ4n) is 2.34. The Hall–Kier alpha value is -1.32. The van der Waals surface area contributed by atoms with Gasteiger partial charge in [0.1, 0.15) is 12.4 Å². The number of hydrogen-bond donors (Lipinski definition) is 1. The van der Waals surface area contributed by atoms with Crippen molar-refractivity contribution in [2.45, 2.75) is 46.1 Å². The third-order valence-electron chi connectivity index (χ3n) is 3.10. The Bertz CT molecular complexity index is 395. The van der Waals surface area contributed by atoms with Crippen LogP contribution in [0.5, 0.6) is 0 Å². The molecule has 4 heteroatoms. The number of carbonyl (C=O) groups is 1. The fourth-order valence-corrected chi connectivity index (χ4v) is 2.34. The number of fused-ring (bicyclic) bond motifs is 1. The van der Waals surface area contributed by atoms with Gasteiger partial charge in [0.05, 0.1) is 5.69 Å². The van der Waals surface area contributed by atoms with Crippen molar-refractivity contribution >= 4 is 5.91 Å². The third-order valence-corrected chi connectivity index (χ3v) is 3.10. The quantitative estimate of drug-likeness (QED) is 0.834. The van der Waals surface area contributed by atoms with Crippen LogP contribution in [0.1, 0.15) is 37.0 Å². The van der Waals surface area contributed by atoms with E-state index >= 15 is 0 Å². The number of carbonyl (C=O) groups excluding carboxylic acids is 1. The van der Waals surface area contributed by atoms with Crippen LogP contribution in [-0.4, -0.2) is 22.0 Å². The molecule has 0 saturated heterocycles. The molecule has 0 bridgehead atoms. The number of aromatic nitrogens is 2. The summed E-state index contributed by atoms with van der Waals surface area (Å²) in [5.41, 5.74) is 2.48.